The number of rotatable bonds is 5. The summed E-state index contributed by atoms with van der Waals surface area (Å²) in [6.07, 6.45) is 0.697. The molecule has 5 rings (SSSR count). The predicted molar refractivity (Wildman–Crippen MR) is 128 cm³/mol. The molecular formula is C27H28FN3O2. The van der Waals surface area contributed by atoms with Gasteiger partial charge in [0.25, 0.3) is 0 Å². The summed E-state index contributed by atoms with van der Waals surface area (Å²) in [6, 6.07) is 22.9. The SMILES string of the molecule is COc1ccc(N2CCN3c4ccccc4CC(C(=O)NCc4cccc(F)c4)C3C2)cc1. The lowest BCUT2D eigenvalue weighted by atomic mass is 9.83. The normalized spacial score (nSPS) is 19.5. The van der Waals surface area contributed by atoms with E-state index in [-0.39, 0.29) is 23.7 Å². The van der Waals surface area contributed by atoms with Crippen molar-refractivity contribution in [3.63, 3.8) is 0 Å². The van der Waals surface area contributed by atoms with Crippen LogP contribution in [0.1, 0.15) is 11.1 Å². The third-order valence-electron chi connectivity index (χ3n) is 6.75. The first-order chi connectivity index (χ1) is 16.1. The van der Waals surface area contributed by atoms with E-state index in [0.29, 0.717) is 13.0 Å². The second kappa shape index (κ2) is 9.14. The zero-order valence-corrected chi connectivity index (χ0v) is 18.7. The van der Waals surface area contributed by atoms with Crippen molar-refractivity contribution < 1.29 is 13.9 Å². The lowest BCUT2D eigenvalue weighted by molar-refractivity contribution is -0.126. The molecule has 0 aromatic heterocycles. The van der Waals surface area contributed by atoms with Gasteiger partial charge in [0.1, 0.15) is 11.6 Å². The second-order valence-electron chi connectivity index (χ2n) is 8.69. The van der Waals surface area contributed by atoms with E-state index in [9.17, 15) is 9.18 Å². The van der Waals surface area contributed by atoms with Crippen molar-refractivity contribution in [2.45, 2.75) is 19.0 Å². The molecule has 33 heavy (non-hydrogen) atoms. The number of carbonyl (C=O) groups is 1. The van der Waals surface area contributed by atoms with E-state index in [1.165, 1.54) is 23.4 Å². The van der Waals surface area contributed by atoms with Gasteiger partial charge in [-0.25, -0.2) is 4.39 Å². The second-order valence-corrected chi connectivity index (χ2v) is 8.69. The number of amides is 1. The highest BCUT2D eigenvalue weighted by atomic mass is 19.1. The number of fused-ring (bicyclic) bond motifs is 3. The summed E-state index contributed by atoms with van der Waals surface area (Å²) in [5.74, 6) is 0.371. The number of piperazine rings is 1. The third-order valence-corrected chi connectivity index (χ3v) is 6.75. The summed E-state index contributed by atoms with van der Waals surface area (Å²) in [5.41, 5.74) is 4.33. The van der Waals surface area contributed by atoms with Crippen LogP contribution in [0.3, 0.4) is 0 Å². The maximum atomic E-state index is 13.6. The molecule has 0 saturated carbocycles. The van der Waals surface area contributed by atoms with Gasteiger partial charge in [-0.3, -0.25) is 4.79 Å². The Morgan fingerprint density at radius 1 is 1.06 bits per heavy atom. The zero-order chi connectivity index (χ0) is 22.8. The van der Waals surface area contributed by atoms with Crippen LogP contribution in [0.5, 0.6) is 5.75 Å². The highest BCUT2D eigenvalue weighted by Gasteiger charge is 2.41. The van der Waals surface area contributed by atoms with E-state index >= 15 is 0 Å². The molecule has 2 aliphatic rings. The maximum Gasteiger partial charge on any atom is 0.225 e. The zero-order valence-electron chi connectivity index (χ0n) is 18.7. The van der Waals surface area contributed by atoms with E-state index in [4.69, 9.17) is 4.74 Å². The number of hydrogen-bond donors (Lipinski definition) is 1. The minimum absolute atomic E-state index is 0.0142. The van der Waals surface area contributed by atoms with Crippen molar-refractivity contribution in [2.75, 3.05) is 36.5 Å². The number of nitrogens with zero attached hydrogens (tertiary/aromatic N) is 2. The molecule has 170 valence electrons. The molecular weight excluding hydrogens is 417 g/mol. The first-order valence-corrected chi connectivity index (χ1v) is 11.4. The molecule has 0 spiro atoms. The van der Waals surface area contributed by atoms with Crippen LogP contribution >= 0.6 is 0 Å². The summed E-state index contributed by atoms with van der Waals surface area (Å²) in [6.45, 7) is 2.82. The van der Waals surface area contributed by atoms with Crippen LogP contribution in [0.15, 0.2) is 72.8 Å². The minimum Gasteiger partial charge on any atom is -0.497 e. The number of nitrogens with one attached hydrogen (secondary N) is 1. The van der Waals surface area contributed by atoms with Crippen molar-refractivity contribution >= 4 is 17.3 Å². The summed E-state index contributed by atoms with van der Waals surface area (Å²) in [5, 5.41) is 3.06. The average Bonchev–Trinajstić information content (AvgIpc) is 2.86. The predicted octanol–water partition coefficient (Wildman–Crippen LogP) is 4.02. The van der Waals surface area contributed by atoms with Crippen molar-refractivity contribution in [3.05, 3.63) is 89.7 Å². The largest absolute Gasteiger partial charge is 0.497 e. The van der Waals surface area contributed by atoms with Gasteiger partial charge >= 0.3 is 0 Å². The smallest absolute Gasteiger partial charge is 0.225 e. The van der Waals surface area contributed by atoms with E-state index in [2.05, 4.69) is 45.4 Å². The molecule has 1 saturated heterocycles. The quantitative estimate of drug-likeness (QED) is 0.645. The molecule has 2 unspecified atom stereocenters. The lowest BCUT2D eigenvalue weighted by Crippen LogP contribution is -2.61. The van der Waals surface area contributed by atoms with Crippen molar-refractivity contribution in [3.8, 4) is 5.75 Å². The fourth-order valence-corrected chi connectivity index (χ4v) is 5.05. The van der Waals surface area contributed by atoms with Crippen molar-refractivity contribution in [1.82, 2.24) is 5.32 Å². The Morgan fingerprint density at radius 2 is 1.88 bits per heavy atom. The summed E-state index contributed by atoms with van der Waals surface area (Å²) in [4.78, 5) is 18.1. The number of hydrogen-bond acceptors (Lipinski definition) is 4. The molecule has 5 nitrogen and oxygen atoms in total. The molecule has 2 aliphatic heterocycles. The van der Waals surface area contributed by atoms with Crippen LogP contribution in [0.2, 0.25) is 0 Å². The molecule has 0 bridgehead atoms. The molecule has 2 atom stereocenters. The Kier molecular flexibility index (Phi) is 5.90. The number of anilines is 2. The fourth-order valence-electron chi connectivity index (χ4n) is 5.05. The number of para-hydroxylation sites is 1. The Labute approximate surface area is 193 Å². The lowest BCUT2D eigenvalue weighted by Gasteiger charge is -2.49. The third kappa shape index (κ3) is 4.38. The van der Waals surface area contributed by atoms with Crippen molar-refractivity contribution in [1.29, 1.82) is 0 Å². The highest BCUT2D eigenvalue weighted by Crippen LogP contribution is 2.37. The Bertz CT molecular complexity index is 1130. The number of methoxy groups -OCH3 is 1. The molecule has 6 heteroatoms. The maximum absolute atomic E-state index is 13.6. The molecule has 3 aromatic carbocycles. The van der Waals surface area contributed by atoms with Gasteiger partial charge in [0.15, 0.2) is 0 Å². The molecule has 0 radical (unpaired) electrons. The van der Waals surface area contributed by atoms with E-state index in [0.717, 1.165) is 36.6 Å². The van der Waals surface area contributed by atoms with Crippen LogP contribution in [0.4, 0.5) is 15.8 Å². The van der Waals surface area contributed by atoms with Gasteiger partial charge in [0, 0.05) is 37.6 Å². The Balaban J connectivity index is 1.38. The number of halogens is 1. The molecule has 1 N–H and O–H groups in total. The number of ether oxygens (including phenoxy) is 1. The summed E-state index contributed by atoms with van der Waals surface area (Å²) < 4.78 is 18.8. The molecule has 1 fully saturated rings. The summed E-state index contributed by atoms with van der Waals surface area (Å²) in [7, 11) is 1.67. The van der Waals surface area contributed by atoms with E-state index < -0.39 is 0 Å². The van der Waals surface area contributed by atoms with Gasteiger partial charge in [0.2, 0.25) is 5.91 Å². The van der Waals surface area contributed by atoms with Crippen molar-refractivity contribution in [2.24, 2.45) is 5.92 Å². The Morgan fingerprint density at radius 3 is 2.67 bits per heavy atom. The fraction of sp³-hybridized carbons (Fsp3) is 0.296. The van der Waals surface area contributed by atoms with Gasteiger partial charge < -0.3 is 19.9 Å². The molecule has 1 amide bonds. The van der Waals surface area contributed by atoms with Gasteiger partial charge in [-0.1, -0.05) is 30.3 Å². The van der Waals surface area contributed by atoms with Gasteiger partial charge in [0.05, 0.1) is 19.1 Å². The molecule has 0 aliphatic carbocycles. The first kappa shape index (κ1) is 21.3. The molecule has 3 aromatic rings. The highest BCUT2D eigenvalue weighted by molar-refractivity contribution is 5.82. The van der Waals surface area contributed by atoms with Crippen LogP contribution in [-0.4, -0.2) is 38.7 Å². The van der Waals surface area contributed by atoms with Crippen LogP contribution < -0.4 is 19.9 Å². The summed E-state index contributed by atoms with van der Waals surface area (Å²) >= 11 is 0. The van der Waals surface area contributed by atoms with Crippen LogP contribution in [0.25, 0.3) is 0 Å². The number of benzene rings is 3. The first-order valence-electron chi connectivity index (χ1n) is 11.4. The topological polar surface area (TPSA) is 44.8 Å². The number of carbonyl (C=O) groups excluding carboxylic acids is 1. The van der Waals surface area contributed by atoms with Crippen LogP contribution in [-0.2, 0) is 17.8 Å². The van der Waals surface area contributed by atoms with E-state index in [1.54, 1.807) is 13.2 Å². The van der Waals surface area contributed by atoms with Gasteiger partial charge in [-0.15, -0.1) is 0 Å². The monoisotopic (exact) mass is 445 g/mol. The van der Waals surface area contributed by atoms with Gasteiger partial charge in [-0.2, -0.15) is 0 Å². The average molecular weight is 446 g/mol. The standard InChI is InChI=1S/C27H28FN3O2/c1-33-23-11-9-22(10-12-23)30-13-14-31-25-8-3-2-6-20(25)16-24(26(31)18-30)27(32)29-17-19-5-4-7-21(28)15-19/h2-12,15,24,26H,13-14,16-18H2,1H3,(H,29,32). The van der Waals surface area contributed by atoms with Gasteiger partial charge in [-0.05, 0) is 60.0 Å². The van der Waals surface area contributed by atoms with E-state index in [1.807, 2.05) is 24.3 Å². The Hall–Kier alpha value is -3.54. The molecule has 2 heterocycles. The minimum atomic E-state index is -0.290. The van der Waals surface area contributed by atoms with Crippen LogP contribution in [0, 0.1) is 11.7 Å².